The fourth-order valence-electron chi connectivity index (χ4n) is 1.93. The highest BCUT2D eigenvalue weighted by atomic mass is 32.2. The normalized spacial score (nSPS) is 22.4. The van der Waals surface area contributed by atoms with Crippen molar-refractivity contribution in [3.63, 3.8) is 0 Å². The van der Waals surface area contributed by atoms with Gasteiger partial charge in [0.2, 0.25) is 0 Å². The highest BCUT2D eigenvalue weighted by Gasteiger charge is 2.22. The molecule has 2 nitrogen and oxygen atoms in total. The number of rotatable bonds is 8. The van der Waals surface area contributed by atoms with Crippen LogP contribution >= 0.6 is 11.8 Å². The molecule has 1 aliphatic rings. The second kappa shape index (κ2) is 8.84. The number of amidine groups is 1. The minimum Gasteiger partial charge on any atom is -0.361 e. The Morgan fingerprint density at radius 3 is 2.59 bits per heavy atom. The van der Waals surface area contributed by atoms with E-state index in [2.05, 4.69) is 31.1 Å². The minimum atomic E-state index is 0.628. The Morgan fingerprint density at radius 1 is 1.24 bits per heavy atom. The largest absolute Gasteiger partial charge is 0.361 e. The molecule has 1 saturated heterocycles. The number of thioether (sulfide) groups is 1. The van der Waals surface area contributed by atoms with Crippen LogP contribution in [-0.2, 0) is 0 Å². The molecule has 0 radical (unpaired) electrons. The van der Waals surface area contributed by atoms with Gasteiger partial charge in [0, 0.05) is 18.3 Å². The molecule has 0 bridgehead atoms. The van der Waals surface area contributed by atoms with Crippen LogP contribution in [0.2, 0.25) is 0 Å². The van der Waals surface area contributed by atoms with E-state index in [4.69, 9.17) is 0 Å². The van der Waals surface area contributed by atoms with E-state index in [0.29, 0.717) is 12.0 Å². The topological polar surface area (TPSA) is 24.4 Å². The van der Waals surface area contributed by atoms with Crippen molar-refractivity contribution in [1.29, 1.82) is 0 Å². The Kier molecular flexibility index (Phi) is 7.74. The maximum absolute atomic E-state index is 4.64. The van der Waals surface area contributed by atoms with Gasteiger partial charge in [0.25, 0.3) is 0 Å². The summed E-state index contributed by atoms with van der Waals surface area (Å²) in [6.45, 7) is 7.82. The van der Waals surface area contributed by atoms with Crippen molar-refractivity contribution in [2.75, 3.05) is 12.3 Å². The van der Waals surface area contributed by atoms with E-state index >= 15 is 0 Å². The molecule has 1 aliphatic heterocycles. The summed E-state index contributed by atoms with van der Waals surface area (Å²) < 4.78 is 0. The smallest absolute Gasteiger partial charge is 0.156 e. The average molecular weight is 256 g/mol. The lowest BCUT2D eigenvalue weighted by Gasteiger charge is -2.13. The molecule has 0 aliphatic carbocycles. The molecule has 0 aromatic heterocycles. The van der Waals surface area contributed by atoms with E-state index in [1.165, 1.54) is 49.4 Å². The van der Waals surface area contributed by atoms with Crippen LogP contribution in [0.5, 0.6) is 0 Å². The van der Waals surface area contributed by atoms with Gasteiger partial charge in [-0.1, -0.05) is 64.6 Å². The van der Waals surface area contributed by atoms with Gasteiger partial charge in [0.1, 0.15) is 0 Å². The molecule has 100 valence electrons. The minimum absolute atomic E-state index is 0.628. The summed E-state index contributed by atoms with van der Waals surface area (Å²) in [5.41, 5.74) is 0. The molecule has 0 saturated carbocycles. The molecule has 1 rings (SSSR count). The molecule has 3 heteroatoms. The fourth-order valence-corrected chi connectivity index (χ4v) is 3.16. The third-order valence-corrected chi connectivity index (χ3v) is 4.33. The highest BCUT2D eigenvalue weighted by Crippen LogP contribution is 2.19. The number of unbranched alkanes of at least 4 members (excludes halogenated alkanes) is 5. The molecular weight excluding hydrogens is 228 g/mol. The zero-order valence-electron chi connectivity index (χ0n) is 11.7. The van der Waals surface area contributed by atoms with Crippen molar-refractivity contribution in [2.24, 2.45) is 10.9 Å². The Balaban J connectivity index is 2.02. The zero-order valence-corrected chi connectivity index (χ0v) is 12.5. The van der Waals surface area contributed by atoms with Crippen LogP contribution in [0.15, 0.2) is 4.99 Å². The van der Waals surface area contributed by atoms with Gasteiger partial charge in [0.05, 0.1) is 0 Å². The third kappa shape index (κ3) is 6.35. The summed E-state index contributed by atoms with van der Waals surface area (Å²) in [6, 6.07) is 0.628. The number of hydrogen-bond acceptors (Lipinski definition) is 2. The van der Waals surface area contributed by atoms with E-state index in [-0.39, 0.29) is 0 Å². The Bertz CT molecular complexity index is 226. The van der Waals surface area contributed by atoms with Crippen molar-refractivity contribution in [2.45, 2.75) is 65.3 Å². The van der Waals surface area contributed by atoms with E-state index in [0.717, 1.165) is 6.54 Å². The first kappa shape index (κ1) is 14.9. The van der Waals surface area contributed by atoms with Gasteiger partial charge in [-0.3, -0.25) is 4.99 Å². The van der Waals surface area contributed by atoms with E-state index in [1.807, 2.05) is 11.8 Å². The molecule has 17 heavy (non-hydrogen) atoms. The summed E-state index contributed by atoms with van der Waals surface area (Å²) in [5, 5.41) is 4.69. The molecule has 0 unspecified atom stereocenters. The molecule has 1 N–H and O–H groups in total. The van der Waals surface area contributed by atoms with Crippen LogP contribution in [0.25, 0.3) is 0 Å². The molecule has 0 amide bonds. The number of hydrogen-bond donors (Lipinski definition) is 1. The molecule has 0 spiro atoms. The van der Waals surface area contributed by atoms with Gasteiger partial charge < -0.3 is 5.32 Å². The van der Waals surface area contributed by atoms with E-state index in [9.17, 15) is 0 Å². The lowest BCUT2D eigenvalue weighted by atomic mass is 10.1. The standard InChI is InChI=1S/C14H28N2S/c1-4-5-6-7-8-9-10-15-14-16-13(11-17-14)12(2)3/h12-13H,4-11H2,1-3H3,(H,15,16)/t13-/m1/s1. The van der Waals surface area contributed by atoms with Gasteiger partial charge in [-0.25, -0.2) is 0 Å². The predicted molar refractivity (Wildman–Crippen MR) is 79.9 cm³/mol. The van der Waals surface area contributed by atoms with Crippen LogP contribution in [0.1, 0.15) is 59.3 Å². The van der Waals surface area contributed by atoms with Crippen molar-refractivity contribution in [1.82, 2.24) is 5.32 Å². The van der Waals surface area contributed by atoms with Crippen LogP contribution in [0, 0.1) is 5.92 Å². The van der Waals surface area contributed by atoms with Crippen molar-refractivity contribution < 1.29 is 0 Å². The first-order valence-electron chi connectivity index (χ1n) is 7.17. The molecular formula is C14H28N2S. The maximum Gasteiger partial charge on any atom is 0.156 e. The van der Waals surface area contributed by atoms with Crippen LogP contribution in [0.3, 0.4) is 0 Å². The van der Waals surface area contributed by atoms with E-state index in [1.54, 1.807) is 0 Å². The quantitative estimate of drug-likeness (QED) is 0.662. The summed E-state index contributed by atoms with van der Waals surface area (Å²) in [7, 11) is 0. The van der Waals surface area contributed by atoms with Gasteiger partial charge in [-0.2, -0.15) is 0 Å². The Hall–Kier alpha value is -0.180. The van der Waals surface area contributed by atoms with Gasteiger partial charge >= 0.3 is 0 Å². The summed E-state index contributed by atoms with van der Waals surface area (Å²) in [4.78, 5) is 4.64. The van der Waals surface area contributed by atoms with Crippen LogP contribution in [-0.4, -0.2) is 23.5 Å². The van der Waals surface area contributed by atoms with Gasteiger partial charge in [0.15, 0.2) is 5.17 Å². The van der Waals surface area contributed by atoms with Crippen LogP contribution < -0.4 is 5.32 Å². The fraction of sp³-hybridized carbons (Fsp3) is 0.929. The lowest BCUT2D eigenvalue weighted by Crippen LogP contribution is -2.31. The average Bonchev–Trinajstić information content (AvgIpc) is 2.77. The summed E-state index contributed by atoms with van der Waals surface area (Å²) in [5.74, 6) is 1.90. The monoisotopic (exact) mass is 256 g/mol. The summed E-state index contributed by atoms with van der Waals surface area (Å²) >= 11 is 1.89. The number of nitrogens with zero attached hydrogens (tertiary/aromatic N) is 1. The SMILES string of the molecule is CCCCCCCCN=C1N[C@@H](C(C)C)CS1. The first-order valence-corrected chi connectivity index (χ1v) is 8.16. The molecule has 1 heterocycles. The van der Waals surface area contributed by atoms with Crippen molar-refractivity contribution in [3.8, 4) is 0 Å². The van der Waals surface area contributed by atoms with Crippen molar-refractivity contribution in [3.05, 3.63) is 0 Å². The zero-order chi connectivity index (χ0) is 12.5. The second-order valence-electron chi connectivity index (χ2n) is 5.26. The lowest BCUT2D eigenvalue weighted by molar-refractivity contribution is 0.503. The van der Waals surface area contributed by atoms with Gasteiger partial charge in [-0.15, -0.1) is 0 Å². The molecule has 0 aromatic carbocycles. The Labute approximate surface area is 111 Å². The number of nitrogens with one attached hydrogen (secondary N) is 1. The molecule has 1 fully saturated rings. The maximum atomic E-state index is 4.64. The molecule has 1 atom stereocenters. The third-order valence-electron chi connectivity index (χ3n) is 3.28. The Morgan fingerprint density at radius 2 is 1.94 bits per heavy atom. The highest BCUT2D eigenvalue weighted by molar-refractivity contribution is 8.14. The first-order chi connectivity index (χ1) is 8.24. The molecule has 0 aromatic rings. The second-order valence-corrected chi connectivity index (χ2v) is 6.27. The summed E-state index contributed by atoms with van der Waals surface area (Å²) in [6.07, 6.45) is 8.10. The van der Waals surface area contributed by atoms with E-state index < -0.39 is 0 Å². The van der Waals surface area contributed by atoms with Crippen LogP contribution in [0.4, 0.5) is 0 Å². The van der Waals surface area contributed by atoms with Crippen molar-refractivity contribution >= 4 is 16.9 Å². The van der Waals surface area contributed by atoms with Gasteiger partial charge in [-0.05, 0) is 12.3 Å². The number of aliphatic imine (C=N–C) groups is 1. The predicted octanol–water partition coefficient (Wildman–Crippen LogP) is 4.06.